The molecule has 0 radical (unpaired) electrons. The van der Waals surface area contributed by atoms with Crippen LogP contribution in [-0.2, 0) is 4.74 Å². The molecule has 0 bridgehead atoms. The molecule has 7 heteroatoms. The van der Waals surface area contributed by atoms with Crippen molar-refractivity contribution in [2.45, 2.75) is 27.7 Å². The van der Waals surface area contributed by atoms with Crippen molar-refractivity contribution in [3.05, 3.63) is 5.56 Å². The lowest BCUT2D eigenvalue weighted by atomic mass is 10.1. The molecule has 1 aromatic rings. The van der Waals surface area contributed by atoms with Crippen LogP contribution in [-0.4, -0.2) is 42.6 Å². The molecule has 0 spiro atoms. The highest BCUT2D eigenvalue weighted by Gasteiger charge is 2.31. The minimum absolute atomic E-state index is 0.0125. The van der Waals surface area contributed by atoms with Crippen molar-refractivity contribution in [1.82, 2.24) is 0 Å². The molecular weight excluding hydrogens is 292 g/mol. The van der Waals surface area contributed by atoms with E-state index in [0.717, 1.165) is 0 Å². The molecule has 0 saturated heterocycles. The second-order valence-electron chi connectivity index (χ2n) is 4.08. The van der Waals surface area contributed by atoms with Crippen molar-refractivity contribution in [2.24, 2.45) is 0 Å². The lowest BCUT2D eigenvalue weighted by molar-refractivity contribution is 0.0516. The summed E-state index contributed by atoms with van der Waals surface area (Å²) in [7, 11) is 0. The van der Waals surface area contributed by atoms with E-state index >= 15 is 0 Å². The van der Waals surface area contributed by atoms with E-state index in [9.17, 15) is 15.0 Å². The van der Waals surface area contributed by atoms with E-state index in [2.05, 4.69) is 0 Å². The van der Waals surface area contributed by atoms with Crippen molar-refractivity contribution in [3.63, 3.8) is 0 Å². The van der Waals surface area contributed by atoms with Gasteiger partial charge in [-0.1, -0.05) is 0 Å². The van der Waals surface area contributed by atoms with E-state index in [0.29, 0.717) is 0 Å². The number of carbonyl (C=O) groups excluding carboxylic acids is 1. The van der Waals surface area contributed by atoms with Gasteiger partial charge in [-0.05, 0) is 27.7 Å². The van der Waals surface area contributed by atoms with Crippen LogP contribution in [0.4, 0.5) is 0 Å². The summed E-state index contributed by atoms with van der Waals surface area (Å²) in [5.74, 6) is -2.09. The van der Waals surface area contributed by atoms with Crippen molar-refractivity contribution < 1.29 is 34.0 Å². The summed E-state index contributed by atoms with van der Waals surface area (Å²) in [6.07, 6.45) is 0. The molecule has 0 aromatic heterocycles. The van der Waals surface area contributed by atoms with Crippen LogP contribution in [0.5, 0.6) is 28.7 Å². The average Bonchev–Trinajstić information content (AvgIpc) is 2.48. The first-order chi connectivity index (χ1) is 10.5. The third kappa shape index (κ3) is 3.47. The number of rotatable bonds is 8. The molecule has 0 unspecified atom stereocenters. The maximum absolute atomic E-state index is 12.1. The van der Waals surface area contributed by atoms with Crippen molar-refractivity contribution in [3.8, 4) is 28.7 Å². The van der Waals surface area contributed by atoms with Crippen LogP contribution in [0.25, 0.3) is 0 Å². The Balaban J connectivity index is 3.63. The lowest BCUT2D eigenvalue weighted by Gasteiger charge is -2.20. The van der Waals surface area contributed by atoms with Gasteiger partial charge >= 0.3 is 5.97 Å². The van der Waals surface area contributed by atoms with Gasteiger partial charge in [-0.2, -0.15) is 0 Å². The van der Waals surface area contributed by atoms with Crippen LogP contribution in [0.1, 0.15) is 38.1 Å². The van der Waals surface area contributed by atoms with Gasteiger partial charge in [0.2, 0.25) is 17.2 Å². The van der Waals surface area contributed by atoms with E-state index in [4.69, 9.17) is 18.9 Å². The third-order valence-electron chi connectivity index (χ3n) is 2.66. The molecular formula is C15H22O7. The molecule has 0 heterocycles. The van der Waals surface area contributed by atoms with Crippen LogP contribution in [0.3, 0.4) is 0 Å². The highest BCUT2D eigenvalue weighted by Crippen LogP contribution is 2.53. The van der Waals surface area contributed by atoms with E-state index in [1.807, 2.05) is 0 Å². The summed E-state index contributed by atoms with van der Waals surface area (Å²) >= 11 is 0. The molecule has 7 nitrogen and oxygen atoms in total. The molecule has 0 saturated carbocycles. The van der Waals surface area contributed by atoms with Crippen LogP contribution in [0.2, 0.25) is 0 Å². The summed E-state index contributed by atoms with van der Waals surface area (Å²) < 4.78 is 21.1. The minimum atomic E-state index is -0.817. The molecule has 1 rings (SSSR count). The van der Waals surface area contributed by atoms with Gasteiger partial charge in [0.25, 0.3) is 0 Å². The number of hydrogen-bond donors (Lipinski definition) is 2. The van der Waals surface area contributed by atoms with Crippen LogP contribution < -0.4 is 14.2 Å². The fourth-order valence-electron chi connectivity index (χ4n) is 1.89. The highest BCUT2D eigenvalue weighted by molar-refractivity contribution is 5.99. The Hall–Kier alpha value is -2.31. The Morgan fingerprint density at radius 1 is 0.773 bits per heavy atom. The number of phenolic OH excluding ortho intramolecular Hbond substituents is 2. The maximum Gasteiger partial charge on any atom is 0.346 e. The standard InChI is InChI=1S/C15H22O7/c1-5-19-12-9(15(18)22-8-4)10(16)11(17)13(20-6-2)14(12)21-7-3/h16-17H,5-8H2,1-4H3. The van der Waals surface area contributed by atoms with Crippen molar-refractivity contribution in [1.29, 1.82) is 0 Å². The summed E-state index contributed by atoms with van der Waals surface area (Å²) in [4.78, 5) is 12.1. The number of aromatic hydroxyl groups is 2. The number of esters is 1. The van der Waals surface area contributed by atoms with Gasteiger partial charge in [0, 0.05) is 0 Å². The summed E-state index contributed by atoms with van der Waals surface area (Å²) in [6.45, 7) is 7.63. The van der Waals surface area contributed by atoms with E-state index in [1.54, 1.807) is 27.7 Å². The molecule has 0 amide bonds. The molecule has 0 aliphatic heterocycles. The van der Waals surface area contributed by atoms with Gasteiger partial charge in [0.1, 0.15) is 0 Å². The first kappa shape index (κ1) is 17.7. The molecule has 2 N–H and O–H groups in total. The first-order valence-electron chi connectivity index (χ1n) is 7.20. The maximum atomic E-state index is 12.1. The fourth-order valence-corrected chi connectivity index (χ4v) is 1.89. The molecule has 0 aliphatic carbocycles. The number of ether oxygens (including phenoxy) is 4. The van der Waals surface area contributed by atoms with Crippen LogP contribution in [0, 0.1) is 0 Å². The Morgan fingerprint density at radius 3 is 1.77 bits per heavy atom. The molecule has 124 valence electrons. The number of hydrogen-bond acceptors (Lipinski definition) is 7. The molecule has 1 aromatic carbocycles. The highest BCUT2D eigenvalue weighted by atomic mass is 16.6. The third-order valence-corrected chi connectivity index (χ3v) is 2.66. The molecule has 0 aliphatic rings. The monoisotopic (exact) mass is 314 g/mol. The van der Waals surface area contributed by atoms with Gasteiger partial charge in [-0.25, -0.2) is 4.79 Å². The van der Waals surface area contributed by atoms with Crippen molar-refractivity contribution in [2.75, 3.05) is 26.4 Å². The normalized spacial score (nSPS) is 10.2. The second kappa shape index (κ2) is 8.21. The van der Waals surface area contributed by atoms with Crippen LogP contribution >= 0.6 is 0 Å². The smallest absolute Gasteiger partial charge is 0.346 e. The van der Waals surface area contributed by atoms with Gasteiger partial charge in [-0.15, -0.1) is 0 Å². The Bertz CT molecular complexity index is 525. The van der Waals surface area contributed by atoms with Gasteiger partial charge in [0.15, 0.2) is 17.1 Å². The molecule has 0 atom stereocenters. The second-order valence-corrected chi connectivity index (χ2v) is 4.08. The SMILES string of the molecule is CCOC(=O)c1c(O)c(O)c(OCC)c(OCC)c1OCC. The van der Waals surface area contributed by atoms with E-state index in [1.165, 1.54) is 0 Å². The van der Waals surface area contributed by atoms with Gasteiger partial charge < -0.3 is 29.2 Å². The number of phenols is 2. The Kier molecular flexibility index (Phi) is 6.62. The van der Waals surface area contributed by atoms with E-state index < -0.39 is 17.5 Å². The minimum Gasteiger partial charge on any atom is -0.503 e. The largest absolute Gasteiger partial charge is 0.503 e. The zero-order valence-electron chi connectivity index (χ0n) is 13.3. The number of benzene rings is 1. The summed E-state index contributed by atoms with van der Waals surface area (Å²) in [5.41, 5.74) is -0.284. The summed E-state index contributed by atoms with van der Waals surface area (Å²) in [5, 5.41) is 20.2. The Labute approximate surface area is 129 Å². The van der Waals surface area contributed by atoms with Gasteiger partial charge in [0.05, 0.1) is 26.4 Å². The molecule has 22 heavy (non-hydrogen) atoms. The van der Waals surface area contributed by atoms with Gasteiger partial charge in [-0.3, -0.25) is 0 Å². The zero-order chi connectivity index (χ0) is 16.7. The topological polar surface area (TPSA) is 94.5 Å². The predicted molar refractivity (Wildman–Crippen MR) is 79.2 cm³/mol. The summed E-state index contributed by atoms with van der Waals surface area (Å²) in [6, 6.07) is 0. The van der Waals surface area contributed by atoms with E-state index in [-0.39, 0.29) is 49.2 Å². The Morgan fingerprint density at radius 2 is 1.27 bits per heavy atom. The molecule has 0 fully saturated rings. The first-order valence-corrected chi connectivity index (χ1v) is 7.20. The quantitative estimate of drug-likeness (QED) is 0.562. The van der Waals surface area contributed by atoms with Crippen molar-refractivity contribution >= 4 is 5.97 Å². The fraction of sp³-hybridized carbons (Fsp3) is 0.533. The average molecular weight is 314 g/mol. The number of carbonyl (C=O) groups is 1. The predicted octanol–water partition coefficient (Wildman–Crippen LogP) is 2.47. The zero-order valence-corrected chi connectivity index (χ0v) is 13.3. The van der Waals surface area contributed by atoms with Crippen LogP contribution in [0.15, 0.2) is 0 Å². The lowest BCUT2D eigenvalue weighted by Crippen LogP contribution is -2.11.